The van der Waals surface area contributed by atoms with Crippen molar-refractivity contribution in [1.82, 2.24) is 10.2 Å². The number of benzene rings is 2. The molecule has 3 heterocycles. The first-order valence-corrected chi connectivity index (χ1v) is 10.8. The normalized spacial score (nSPS) is 19.7. The highest BCUT2D eigenvalue weighted by Crippen LogP contribution is 2.33. The molecule has 32 heavy (non-hydrogen) atoms. The molecule has 2 aromatic carbocycles. The largest absolute Gasteiger partial charge is 0.326 e. The average molecular weight is 432 g/mol. The fourth-order valence-electron chi connectivity index (χ4n) is 4.94. The van der Waals surface area contributed by atoms with Crippen LogP contribution in [0.25, 0.3) is 0 Å². The van der Waals surface area contributed by atoms with Gasteiger partial charge in [-0.25, -0.2) is 4.79 Å². The zero-order valence-electron chi connectivity index (χ0n) is 18.0. The highest BCUT2D eigenvalue weighted by atomic mass is 16.2. The summed E-state index contributed by atoms with van der Waals surface area (Å²) in [6, 6.07) is 8.49. The van der Waals surface area contributed by atoms with Crippen molar-refractivity contribution >= 4 is 35.1 Å². The Hall–Kier alpha value is -3.68. The Labute approximate surface area is 185 Å². The summed E-state index contributed by atoms with van der Waals surface area (Å²) in [5.74, 6) is -0.977. The van der Waals surface area contributed by atoms with Gasteiger partial charge in [-0.2, -0.15) is 0 Å². The highest BCUT2D eigenvalue weighted by molar-refractivity contribution is 6.06. The minimum absolute atomic E-state index is 0.208. The van der Waals surface area contributed by atoms with E-state index < -0.39 is 11.9 Å². The van der Waals surface area contributed by atoms with Crippen molar-refractivity contribution in [3.8, 4) is 0 Å². The molecular formula is C24H24N4O4. The molecule has 1 atom stereocenters. The van der Waals surface area contributed by atoms with Crippen LogP contribution in [-0.4, -0.2) is 41.2 Å². The van der Waals surface area contributed by atoms with E-state index in [-0.39, 0.29) is 30.8 Å². The number of nitrogens with one attached hydrogen (secondary N) is 2. The first-order chi connectivity index (χ1) is 15.3. The monoisotopic (exact) mass is 432 g/mol. The average Bonchev–Trinajstić information content (AvgIpc) is 3.29. The lowest BCUT2D eigenvalue weighted by molar-refractivity contribution is -0.136. The van der Waals surface area contributed by atoms with Gasteiger partial charge in [0.2, 0.25) is 11.8 Å². The van der Waals surface area contributed by atoms with Gasteiger partial charge in [0.1, 0.15) is 6.04 Å². The number of aryl methyl sites for hydroxylation is 2. The molecule has 164 valence electrons. The zero-order chi connectivity index (χ0) is 22.6. The van der Waals surface area contributed by atoms with E-state index in [1.165, 1.54) is 16.0 Å². The minimum Gasteiger partial charge on any atom is -0.322 e. The van der Waals surface area contributed by atoms with Gasteiger partial charge in [-0.15, -0.1) is 0 Å². The smallest absolute Gasteiger partial charge is 0.322 e. The maximum absolute atomic E-state index is 13.0. The Balaban J connectivity index is 1.33. The van der Waals surface area contributed by atoms with Crippen LogP contribution in [0.15, 0.2) is 30.3 Å². The minimum atomic E-state index is -0.654. The van der Waals surface area contributed by atoms with Crippen molar-refractivity contribution in [1.29, 1.82) is 0 Å². The fourth-order valence-corrected chi connectivity index (χ4v) is 4.94. The van der Waals surface area contributed by atoms with Crippen molar-refractivity contribution in [2.75, 3.05) is 16.8 Å². The lowest BCUT2D eigenvalue weighted by Gasteiger charge is -2.29. The Morgan fingerprint density at radius 2 is 1.91 bits per heavy atom. The molecule has 0 spiro atoms. The summed E-state index contributed by atoms with van der Waals surface area (Å²) in [6.07, 6.45) is 1.36. The Kier molecular flexibility index (Phi) is 4.73. The fraction of sp³-hybridized carbons (Fsp3) is 0.333. The quantitative estimate of drug-likeness (QED) is 0.713. The van der Waals surface area contributed by atoms with Crippen molar-refractivity contribution in [2.24, 2.45) is 0 Å². The van der Waals surface area contributed by atoms with Crippen LogP contribution in [0.3, 0.4) is 0 Å². The van der Waals surface area contributed by atoms with Gasteiger partial charge in [0.25, 0.3) is 5.91 Å². The second kappa shape index (κ2) is 7.47. The Morgan fingerprint density at radius 1 is 1.09 bits per heavy atom. The van der Waals surface area contributed by atoms with Crippen LogP contribution in [0.4, 0.5) is 16.2 Å². The molecule has 5 amide bonds. The molecule has 8 heteroatoms. The van der Waals surface area contributed by atoms with Crippen LogP contribution in [0.2, 0.25) is 0 Å². The molecular weight excluding hydrogens is 408 g/mol. The second-order valence-corrected chi connectivity index (χ2v) is 8.68. The summed E-state index contributed by atoms with van der Waals surface area (Å²) in [5, 5.41) is 5.25. The van der Waals surface area contributed by atoms with Crippen molar-refractivity contribution in [3.05, 3.63) is 58.1 Å². The predicted octanol–water partition coefficient (Wildman–Crippen LogP) is 2.66. The standard InChI is InChI=1S/C24H24N4O4/c1-13-9-14(2)17-7-8-27(20(17)10-13)24(32)25-16-3-4-18-15(11-16)12-28(23(18)31)19-5-6-21(29)26-22(19)30/h3-4,9-11,19H,5-8,12H2,1-2H3,(H,25,32)(H,26,29,30). The van der Waals surface area contributed by atoms with E-state index in [0.717, 1.165) is 23.2 Å². The van der Waals surface area contributed by atoms with E-state index in [9.17, 15) is 19.2 Å². The van der Waals surface area contributed by atoms with Gasteiger partial charge in [0.05, 0.1) is 0 Å². The molecule has 8 nitrogen and oxygen atoms in total. The van der Waals surface area contributed by atoms with E-state index in [1.54, 1.807) is 23.1 Å². The van der Waals surface area contributed by atoms with Gasteiger partial charge < -0.3 is 10.2 Å². The molecule has 1 saturated heterocycles. The van der Waals surface area contributed by atoms with Crippen LogP contribution in [-0.2, 0) is 22.6 Å². The Morgan fingerprint density at radius 3 is 2.69 bits per heavy atom. The summed E-state index contributed by atoms with van der Waals surface area (Å²) >= 11 is 0. The lowest BCUT2D eigenvalue weighted by atomic mass is 10.0. The molecule has 0 aliphatic carbocycles. The lowest BCUT2D eigenvalue weighted by Crippen LogP contribution is -2.52. The Bertz CT molecular complexity index is 1190. The summed E-state index contributed by atoms with van der Waals surface area (Å²) in [4.78, 5) is 52.7. The maximum Gasteiger partial charge on any atom is 0.326 e. The van der Waals surface area contributed by atoms with Crippen molar-refractivity contribution < 1.29 is 19.2 Å². The van der Waals surface area contributed by atoms with Crippen LogP contribution >= 0.6 is 0 Å². The van der Waals surface area contributed by atoms with Crippen molar-refractivity contribution in [3.63, 3.8) is 0 Å². The van der Waals surface area contributed by atoms with Gasteiger partial charge >= 0.3 is 6.03 Å². The topological polar surface area (TPSA) is 98.8 Å². The molecule has 3 aliphatic rings. The zero-order valence-corrected chi connectivity index (χ0v) is 18.0. The molecule has 0 bridgehead atoms. The van der Waals surface area contributed by atoms with E-state index in [0.29, 0.717) is 24.2 Å². The third-order valence-electron chi connectivity index (χ3n) is 6.49. The summed E-state index contributed by atoms with van der Waals surface area (Å²) in [7, 11) is 0. The first kappa shape index (κ1) is 20.2. The van der Waals surface area contributed by atoms with E-state index >= 15 is 0 Å². The molecule has 3 aliphatic heterocycles. The summed E-state index contributed by atoms with van der Waals surface area (Å²) < 4.78 is 0. The molecule has 2 aromatic rings. The number of nitrogens with zero attached hydrogens (tertiary/aromatic N) is 2. The predicted molar refractivity (Wildman–Crippen MR) is 118 cm³/mol. The van der Waals surface area contributed by atoms with Crippen molar-refractivity contribution in [2.45, 2.75) is 45.7 Å². The third-order valence-corrected chi connectivity index (χ3v) is 6.49. The third kappa shape index (κ3) is 3.32. The number of rotatable bonds is 2. The number of anilines is 2. The number of fused-ring (bicyclic) bond motifs is 2. The molecule has 2 N–H and O–H groups in total. The number of imide groups is 1. The van der Waals surface area contributed by atoms with E-state index in [4.69, 9.17) is 0 Å². The SMILES string of the molecule is Cc1cc(C)c2c(c1)N(C(=O)Nc1ccc3c(c1)CN(C1CCC(=O)NC1=O)C3=O)CC2. The number of amides is 5. The van der Waals surface area contributed by atoms with Crippen LogP contribution < -0.4 is 15.5 Å². The van der Waals surface area contributed by atoms with Crippen LogP contribution in [0.5, 0.6) is 0 Å². The number of hydrogen-bond donors (Lipinski definition) is 2. The van der Waals surface area contributed by atoms with Gasteiger partial charge in [0.15, 0.2) is 0 Å². The molecule has 1 unspecified atom stereocenters. The van der Waals surface area contributed by atoms with Crippen LogP contribution in [0.1, 0.15) is 45.5 Å². The molecule has 1 fully saturated rings. The van der Waals surface area contributed by atoms with Crippen LogP contribution in [0, 0.1) is 13.8 Å². The van der Waals surface area contributed by atoms with Gasteiger partial charge in [-0.1, -0.05) is 6.07 Å². The highest BCUT2D eigenvalue weighted by Gasteiger charge is 2.39. The van der Waals surface area contributed by atoms with Gasteiger partial charge in [-0.05, 0) is 73.2 Å². The van der Waals surface area contributed by atoms with E-state index in [2.05, 4.69) is 23.6 Å². The second-order valence-electron chi connectivity index (χ2n) is 8.68. The number of urea groups is 1. The number of carbonyl (C=O) groups is 4. The number of hydrogen-bond acceptors (Lipinski definition) is 4. The van der Waals surface area contributed by atoms with Gasteiger partial charge in [-0.3, -0.25) is 24.6 Å². The van der Waals surface area contributed by atoms with Gasteiger partial charge in [0, 0.05) is 36.4 Å². The number of piperidine rings is 1. The molecule has 5 rings (SSSR count). The first-order valence-electron chi connectivity index (χ1n) is 10.8. The summed E-state index contributed by atoms with van der Waals surface area (Å²) in [5.41, 5.74) is 6.33. The number of carbonyl (C=O) groups excluding carboxylic acids is 4. The summed E-state index contributed by atoms with van der Waals surface area (Å²) in [6.45, 7) is 4.99. The maximum atomic E-state index is 13.0. The molecule has 0 radical (unpaired) electrons. The molecule has 0 saturated carbocycles. The van der Waals surface area contributed by atoms with E-state index in [1.807, 2.05) is 13.0 Å². The molecule has 0 aromatic heterocycles.